The van der Waals surface area contributed by atoms with Crippen molar-refractivity contribution in [2.45, 2.75) is 26.5 Å². The summed E-state index contributed by atoms with van der Waals surface area (Å²) in [6.45, 7) is 6.12. The summed E-state index contributed by atoms with van der Waals surface area (Å²) in [5, 5.41) is 22.1. The van der Waals surface area contributed by atoms with Gasteiger partial charge in [-0.3, -0.25) is 0 Å². The van der Waals surface area contributed by atoms with Crippen LogP contribution in [0.2, 0.25) is 0 Å². The molecule has 5 rings (SSSR count). The molecule has 0 bridgehead atoms. The maximum atomic E-state index is 10.5. The van der Waals surface area contributed by atoms with Gasteiger partial charge in [0.1, 0.15) is 13.1 Å². The van der Waals surface area contributed by atoms with E-state index in [1.54, 1.807) is 0 Å². The maximum absolute atomic E-state index is 10.5. The van der Waals surface area contributed by atoms with E-state index >= 15 is 0 Å². The van der Waals surface area contributed by atoms with Crippen LogP contribution >= 0.6 is 0 Å². The minimum atomic E-state index is -0.480. The molecule has 1 aromatic heterocycles. The van der Waals surface area contributed by atoms with Gasteiger partial charge in [-0.2, -0.15) is 0 Å². The average Bonchev–Trinajstić information content (AvgIpc) is 2.96. The fraction of sp³-hybridized carbons (Fsp3) is 0.237. The first-order valence-corrected chi connectivity index (χ1v) is 14.9. The highest BCUT2D eigenvalue weighted by atomic mass is 16.3. The Labute approximate surface area is 255 Å². The Morgan fingerprint density at radius 2 is 1.30 bits per heavy atom. The topological polar surface area (TPSA) is 47.6 Å². The minimum absolute atomic E-state index is 0.118. The average molecular weight is 574 g/mol. The van der Waals surface area contributed by atoms with Gasteiger partial charge in [-0.25, -0.2) is 4.57 Å². The zero-order chi connectivity index (χ0) is 30.4. The highest BCUT2D eigenvalue weighted by Crippen LogP contribution is 2.36. The summed E-state index contributed by atoms with van der Waals surface area (Å²) < 4.78 is 2.59. The predicted molar refractivity (Wildman–Crippen MR) is 179 cm³/mol. The van der Waals surface area contributed by atoms with Crippen molar-refractivity contribution in [3.63, 3.8) is 0 Å². The van der Waals surface area contributed by atoms with E-state index in [0.717, 1.165) is 28.2 Å². The first-order valence-electron chi connectivity index (χ1n) is 14.9. The number of anilines is 3. The Bertz CT molecular complexity index is 1660. The number of quaternary nitrogens is 1. The van der Waals surface area contributed by atoms with E-state index < -0.39 is 6.10 Å². The van der Waals surface area contributed by atoms with Crippen LogP contribution in [0.15, 0.2) is 109 Å². The van der Waals surface area contributed by atoms with Crippen LogP contribution in [0, 0.1) is 13.8 Å². The molecule has 220 valence electrons. The van der Waals surface area contributed by atoms with Gasteiger partial charge in [0.2, 0.25) is 0 Å². The lowest BCUT2D eigenvalue weighted by atomic mass is 10.0. The first-order chi connectivity index (χ1) is 20.7. The van der Waals surface area contributed by atoms with Crippen LogP contribution in [-0.2, 0) is 6.54 Å². The molecular weight excluding hydrogens is 530 g/mol. The third kappa shape index (κ3) is 7.96. The van der Waals surface area contributed by atoms with Crippen molar-refractivity contribution in [2.75, 3.05) is 38.7 Å². The summed E-state index contributed by atoms with van der Waals surface area (Å²) in [5.41, 5.74) is 8.13. The van der Waals surface area contributed by atoms with E-state index in [1.165, 1.54) is 21.9 Å². The summed E-state index contributed by atoms with van der Waals surface area (Å²) in [7, 11) is 4.05. The Kier molecular flexibility index (Phi) is 9.37. The lowest BCUT2D eigenvalue weighted by molar-refractivity contribution is -0.896. The lowest BCUT2D eigenvalue weighted by Gasteiger charge is -2.30. The molecule has 0 amide bonds. The molecule has 4 aromatic carbocycles. The van der Waals surface area contributed by atoms with Gasteiger partial charge in [0.25, 0.3) is 0 Å². The van der Waals surface area contributed by atoms with Crippen LogP contribution in [0.5, 0.6) is 0 Å². The Hall–Kier alpha value is -4.29. The second-order valence-electron chi connectivity index (χ2n) is 12.2. The molecule has 0 aliphatic carbocycles. The number of aryl methyl sites for hydroxylation is 2. The van der Waals surface area contributed by atoms with Gasteiger partial charge >= 0.3 is 0 Å². The minimum Gasteiger partial charge on any atom is -0.391 e. The number of aliphatic hydroxyl groups is 2. The second kappa shape index (κ2) is 13.3. The van der Waals surface area contributed by atoms with Gasteiger partial charge in [0.05, 0.1) is 20.7 Å². The van der Waals surface area contributed by atoms with E-state index in [4.69, 9.17) is 0 Å². The molecule has 0 saturated heterocycles. The highest BCUT2D eigenvalue weighted by Gasteiger charge is 2.22. The molecular formula is C38H43N3O2+2. The van der Waals surface area contributed by atoms with Gasteiger partial charge in [-0.15, -0.1) is 0 Å². The first kappa shape index (κ1) is 30.2. The zero-order valence-electron chi connectivity index (χ0n) is 25.7. The standard InChI is InChI=1S/C38H43N3O2/c1-29-7-5-9-35(23-29)40(36-10-6-8-30(2)24-36)37-16-15-33-25-32(13-14-34(33)26-37)12-11-31-17-19-39(20-18-31)27-38(43)28-41(3,4)21-22-42/h5-20,23-26,38,42-43H,21-22,27-28H2,1-4H3/q+2. The molecule has 0 radical (unpaired) electrons. The number of hydrogen-bond acceptors (Lipinski definition) is 3. The number of rotatable bonds is 11. The van der Waals surface area contributed by atoms with Gasteiger partial charge in [0, 0.05) is 29.2 Å². The quantitative estimate of drug-likeness (QED) is 0.135. The van der Waals surface area contributed by atoms with Crippen molar-refractivity contribution >= 4 is 40.0 Å². The number of benzene rings is 4. The van der Waals surface area contributed by atoms with E-state index in [9.17, 15) is 10.2 Å². The van der Waals surface area contributed by atoms with Crippen LogP contribution in [0.3, 0.4) is 0 Å². The van der Waals surface area contributed by atoms with Crippen LogP contribution in [0.1, 0.15) is 22.3 Å². The van der Waals surface area contributed by atoms with Crippen LogP contribution in [0.25, 0.3) is 22.9 Å². The molecule has 5 heteroatoms. The molecule has 0 fully saturated rings. The van der Waals surface area contributed by atoms with Crippen molar-refractivity contribution in [1.82, 2.24) is 0 Å². The smallest absolute Gasteiger partial charge is 0.179 e. The second-order valence-corrected chi connectivity index (χ2v) is 12.2. The molecule has 0 spiro atoms. The largest absolute Gasteiger partial charge is 0.391 e. The Morgan fingerprint density at radius 3 is 1.93 bits per heavy atom. The van der Waals surface area contributed by atoms with Gasteiger partial charge in [-0.1, -0.05) is 54.6 Å². The molecule has 5 aromatic rings. The Morgan fingerprint density at radius 1 is 0.721 bits per heavy atom. The normalized spacial score (nSPS) is 12.6. The summed E-state index contributed by atoms with van der Waals surface area (Å²) >= 11 is 0. The summed E-state index contributed by atoms with van der Waals surface area (Å²) in [4.78, 5) is 2.32. The van der Waals surface area contributed by atoms with Crippen molar-refractivity contribution < 1.29 is 19.3 Å². The van der Waals surface area contributed by atoms with Crippen molar-refractivity contribution in [3.05, 3.63) is 132 Å². The summed E-state index contributed by atoms with van der Waals surface area (Å²) in [6, 6.07) is 34.7. The van der Waals surface area contributed by atoms with Gasteiger partial charge < -0.3 is 19.6 Å². The van der Waals surface area contributed by atoms with Crippen molar-refractivity contribution in [2.24, 2.45) is 0 Å². The maximum Gasteiger partial charge on any atom is 0.179 e. The van der Waals surface area contributed by atoms with Crippen molar-refractivity contribution in [3.8, 4) is 0 Å². The Balaban J connectivity index is 1.32. The van der Waals surface area contributed by atoms with E-state index in [0.29, 0.717) is 24.1 Å². The number of hydrogen-bond donors (Lipinski definition) is 2. The molecule has 1 unspecified atom stereocenters. The number of likely N-dealkylation sites (N-methyl/N-ethyl adjacent to an activating group) is 1. The number of pyridine rings is 1. The number of aromatic nitrogens is 1. The highest BCUT2D eigenvalue weighted by molar-refractivity contribution is 5.91. The van der Waals surface area contributed by atoms with Crippen LogP contribution in [0.4, 0.5) is 17.1 Å². The van der Waals surface area contributed by atoms with E-state index in [-0.39, 0.29) is 6.61 Å². The molecule has 1 atom stereocenters. The molecule has 43 heavy (non-hydrogen) atoms. The zero-order valence-corrected chi connectivity index (χ0v) is 25.7. The SMILES string of the molecule is Cc1cccc(N(c2cccc(C)c2)c2ccc3cc(/C=C/c4cc[n+](CC(O)C[N+](C)(C)CCO)cc4)ccc3c2)c1. The predicted octanol–water partition coefficient (Wildman–Crippen LogP) is 6.81. The summed E-state index contributed by atoms with van der Waals surface area (Å²) in [6.07, 6.45) is 7.79. The third-order valence-corrected chi connectivity index (χ3v) is 7.84. The number of aliphatic hydroxyl groups excluding tert-OH is 2. The molecule has 5 nitrogen and oxygen atoms in total. The van der Waals surface area contributed by atoms with Crippen molar-refractivity contribution in [1.29, 1.82) is 0 Å². The number of fused-ring (bicyclic) bond motifs is 1. The van der Waals surface area contributed by atoms with Crippen LogP contribution < -0.4 is 9.47 Å². The molecule has 0 aliphatic rings. The van der Waals surface area contributed by atoms with E-state index in [2.05, 4.69) is 128 Å². The van der Waals surface area contributed by atoms with E-state index in [1.807, 2.05) is 31.1 Å². The molecule has 1 heterocycles. The fourth-order valence-corrected chi connectivity index (χ4v) is 5.60. The molecule has 2 N–H and O–H groups in total. The number of nitrogens with zero attached hydrogens (tertiary/aromatic N) is 3. The molecule has 0 saturated carbocycles. The summed E-state index contributed by atoms with van der Waals surface area (Å²) in [5.74, 6) is 0. The molecule has 0 aliphatic heterocycles. The fourth-order valence-electron chi connectivity index (χ4n) is 5.60. The van der Waals surface area contributed by atoms with Gasteiger partial charge in [0.15, 0.2) is 25.0 Å². The monoisotopic (exact) mass is 573 g/mol. The third-order valence-electron chi connectivity index (χ3n) is 7.84. The lowest BCUT2D eigenvalue weighted by Crippen LogP contribution is -2.51. The van der Waals surface area contributed by atoms with Crippen LogP contribution in [-0.4, -0.2) is 54.6 Å². The van der Waals surface area contributed by atoms with Gasteiger partial charge in [-0.05, 0) is 89.3 Å².